The van der Waals surface area contributed by atoms with E-state index in [4.69, 9.17) is 4.74 Å². The van der Waals surface area contributed by atoms with E-state index in [9.17, 15) is 4.39 Å². The van der Waals surface area contributed by atoms with Crippen molar-refractivity contribution in [1.82, 2.24) is 5.32 Å². The highest BCUT2D eigenvalue weighted by Crippen LogP contribution is 2.26. The molecular weight excluding hydrogens is 255 g/mol. The Hall–Kier alpha value is -1.13. The minimum absolute atomic E-state index is 0.124. The number of halogens is 1. The van der Waals surface area contributed by atoms with Crippen LogP contribution in [0.4, 0.5) is 10.1 Å². The number of hydrogen-bond donors (Lipinski definition) is 1. The van der Waals surface area contributed by atoms with Gasteiger partial charge in [0.2, 0.25) is 0 Å². The van der Waals surface area contributed by atoms with Gasteiger partial charge in [0, 0.05) is 25.2 Å². The summed E-state index contributed by atoms with van der Waals surface area (Å²) in [6, 6.07) is 6.47. The van der Waals surface area contributed by atoms with E-state index in [-0.39, 0.29) is 18.0 Å². The van der Waals surface area contributed by atoms with Crippen LogP contribution in [0.1, 0.15) is 32.3 Å². The molecule has 110 valence electrons. The number of ether oxygens (including phenoxy) is 1. The van der Waals surface area contributed by atoms with Crippen molar-refractivity contribution in [2.45, 2.75) is 51.4 Å². The van der Waals surface area contributed by atoms with Crippen LogP contribution in [0, 0.1) is 5.82 Å². The molecule has 1 N–H and O–H groups in total. The maximum Gasteiger partial charge on any atom is 0.146 e. The quantitative estimate of drug-likeness (QED) is 0.916. The van der Waals surface area contributed by atoms with Crippen LogP contribution in [0.15, 0.2) is 18.2 Å². The van der Waals surface area contributed by atoms with E-state index in [0.717, 1.165) is 18.7 Å². The van der Waals surface area contributed by atoms with Gasteiger partial charge in [-0.05, 0) is 44.4 Å². The van der Waals surface area contributed by atoms with Crippen LogP contribution >= 0.6 is 0 Å². The molecule has 0 aromatic heterocycles. The lowest BCUT2D eigenvalue weighted by Gasteiger charge is -2.38. The largest absolute Gasteiger partial charge is 0.375 e. The third kappa shape index (κ3) is 3.13. The van der Waals surface area contributed by atoms with Gasteiger partial charge >= 0.3 is 0 Å². The standard InChI is InChI=1S/C16H23FN2O/c1-11-10-20-12(2)9-19(11)16-6-3-13(7-15(16)17)8-18-14-4-5-14/h3,6-7,11-12,14,18H,4-5,8-10H2,1-2H3. The molecule has 3 nitrogen and oxygen atoms in total. The molecule has 2 unspecified atom stereocenters. The van der Waals surface area contributed by atoms with E-state index in [1.807, 2.05) is 19.1 Å². The Morgan fingerprint density at radius 3 is 2.85 bits per heavy atom. The number of anilines is 1. The van der Waals surface area contributed by atoms with Gasteiger partial charge in [-0.25, -0.2) is 4.39 Å². The monoisotopic (exact) mass is 278 g/mol. The summed E-state index contributed by atoms with van der Waals surface area (Å²) in [5.41, 5.74) is 1.72. The Kier molecular flexibility index (Phi) is 3.94. The van der Waals surface area contributed by atoms with E-state index in [1.54, 1.807) is 6.07 Å². The topological polar surface area (TPSA) is 24.5 Å². The summed E-state index contributed by atoms with van der Waals surface area (Å²) in [5, 5.41) is 3.41. The zero-order valence-electron chi connectivity index (χ0n) is 12.2. The van der Waals surface area contributed by atoms with Crippen molar-refractivity contribution < 1.29 is 9.13 Å². The zero-order valence-corrected chi connectivity index (χ0v) is 12.2. The minimum atomic E-state index is -0.124. The lowest BCUT2D eigenvalue weighted by Crippen LogP contribution is -2.47. The fourth-order valence-electron chi connectivity index (χ4n) is 2.68. The first kappa shape index (κ1) is 13.8. The summed E-state index contributed by atoms with van der Waals surface area (Å²) in [6.07, 6.45) is 2.66. The number of rotatable bonds is 4. The van der Waals surface area contributed by atoms with Crippen LogP contribution in [-0.2, 0) is 11.3 Å². The van der Waals surface area contributed by atoms with Crippen molar-refractivity contribution in [3.63, 3.8) is 0 Å². The molecule has 0 amide bonds. The average Bonchev–Trinajstić information content (AvgIpc) is 3.24. The van der Waals surface area contributed by atoms with Crippen molar-refractivity contribution in [2.75, 3.05) is 18.1 Å². The van der Waals surface area contributed by atoms with Gasteiger partial charge in [-0.15, -0.1) is 0 Å². The third-order valence-electron chi connectivity index (χ3n) is 4.10. The number of hydrogen-bond acceptors (Lipinski definition) is 3. The fourth-order valence-corrected chi connectivity index (χ4v) is 2.68. The Balaban J connectivity index is 1.71. The molecule has 1 saturated heterocycles. The Bertz CT molecular complexity index is 476. The van der Waals surface area contributed by atoms with Gasteiger partial charge in [-0.1, -0.05) is 6.07 Å². The second-order valence-electron chi connectivity index (χ2n) is 6.09. The first-order valence-corrected chi connectivity index (χ1v) is 7.53. The molecule has 2 aliphatic rings. The number of nitrogens with zero attached hydrogens (tertiary/aromatic N) is 1. The summed E-state index contributed by atoms with van der Waals surface area (Å²) in [7, 11) is 0. The highest BCUT2D eigenvalue weighted by atomic mass is 19.1. The number of benzene rings is 1. The molecular formula is C16H23FN2O. The van der Waals surface area contributed by atoms with Crippen LogP contribution in [0.3, 0.4) is 0 Å². The average molecular weight is 278 g/mol. The summed E-state index contributed by atoms with van der Waals surface area (Å²) in [4.78, 5) is 2.11. The summed E-state index contributed by atoms with van der Waals surface area (Å²) in [5.74, 6) is -0.124. The van der Waals surface area contributed by atoms with Crippen molar-refractivity contribution in [1.29, 1.82) is 0 Å². The van der Waals surface area contributed by atoms with Gasteiger partial charge in [-0.2, -0.15) is 0 Å². The van der Waals surface area contributed by atoms with Crippen molar-refractivity contribution in [2.24, 2.45) is 0 Å². The van der Waals surface area contributed by atoms with E-state index in [2.05, 4.69) is 17.1 Å². The smallest absolute Gasteiger partial charge is 0.146 e. The Labute approximate surface area is 120 Å². The number of morpholine rings is 1. The molecule has 1 aliphatic heterocycles. The van der Waals surface area contributed by atoms with E-state index in [1.165, 1.54) is 12.8 Å². The molecule has 1 aliphatic carbocycles. The SMILES string of the molecule is CC1CN(c2ccc(CNC3CC3)cc2F)C(C)CO1. The molecule has 2 atom stereocenters. The van der Waals surface area contributed by atoms with E-state index in [0.29, 0.717) is 18.3 Å². The highest BCUT2D eigenvalue weighted by molar-refractivity contribution is 5.50. The summed E-state index contributed by atoms with van der Waals surface area (Å²) in [6.45, 7) is 6.28. The maximum absolute atomic E-state index is 14.4. The summed E-state index contributed by atoms with van der Waals surface area (Å²) < 4.78 is 20.0. The van der Waals surface area contributed by atoms with Gasteiger partial charge < -0.3 is 15.0 Å². The Morgan fingerprint density at radius 2 is 2.15 bits per heavy atom. The van der Waals surface area contributed by atoms with Crippen molar-refractivity contribution in [3.05, 3.63) is 29.6 Å². The number of nitrogens with one attached hydrogen (secondary N) is 1. The molecule has 1 saturated carbocycles. The van der Waals surface area contributed by atoms with E-state index >= 15 is 0 Å². The highest BCUT2D eigenvalue weighted by Gasteiger charge is 2.26. The molecule has 1 aromatic carbocycles. The van der Waals surface area contributed by atoms with Crippen LogP contribution in [-0.4, -0.2) is 31.3 Å². The van der Waals surface area contributed by atoms with Gasteiger partial charge in [-0.3, -0.25) is 0 Å². The first-order valence-electron chi connectivity index (χ1n) is 7.53. The fraction of sp³-hybridized carbons (Fsp3) is 0.625. The molecule has 3 rings (SSSR count). The molecule has 0 bridgehead atoms. The lowest BCUT2D eigenvalue weighted by atomic mass is 10.1. The first-order chi connectivity index (χ1) is 9.63. The van der Waals surface area contributed by atoms with E-state index < -0.39 is 0 Å². The predicted octanol–water partition coefficient (Wildman–Crippen LogP) is 2.69. The molecule has 2 fully saturated rings. The second kappa shape index (κ2) is 5.70. The Morgan fingerprint density at radius 1 is 1.35 bits per heavy atom. The molecule has 1 aromatic rings. The summed E-state index contributed by atoms with van der Waals surface area (Å²) >= 11 is 0. The third-order valence-corrected chi connectivity index (χ3v) is 4.10. The predicted molar refractivity (Wildman–Crippen MR) is 78.5 cm³/mol. The van der Waals surface area contributed by atoms with Crippen molar-refractivity contribution in [3.8, 4) is 0 Å². The zero-order chi connectivity index (χ0) is 14.1. The molecule has 1 heterocycles. The maximum atomic E-state index is 14.4. The van der Waals surface area contributed by atoms with Crippen LogP contribution in [0.5, 0.6) is 0 Å². The minimum Gasteiger partial charge on any atom is -0.375 e. The van der Waals surface area contributed by atoms with Gasteiger partial charge in [0.1, 0.15) is 5.82 Å². The van der Waals surface area contributed by atoms with Crippen LogP contribution in [0.25, 0.3) is 0 Å². The van der Waals surface area contributed by atoms with Crippen LogP contribution in [0.2, 0.25) is 0 Å². The van der Waals surface area contributed by atoms with Gasteiger partial charge in [0.05, 0.1) is 18.4 Å². The molecule has 20 heavy (non-hydrogen) atoms. The molecule has 0 spiro atoms. The lowest BCUT2D eigenvalue weighted by molar-refractivity contribution is 0.0341. The normalized spacial score (nSPS) is 26.9. The molecule has 0 radical (unpaired) electrons. The second-order valence-corrected chi connectivity index (χ2v) is 6.09. The van der Waals surface area contributed by atoms with Gasteiger partial charge in [0.25, 0.3) is 0 Å². The van der Waals surface area contributed by atoms with Crippen molar-refractivity contribution >= 4 is 5.69 Å². The van der Waals surface area contributed by atoms with Gasteiger partial charge in [0.15, 0.2) is 0 Å². The van der Waals surface area contributed by atoms with Crippen LogP contribution < -0.4 is 10.2 Å². The molecule has 4 heteroatoms.